The first-order valence-corrected chi connectivity index (χ1v) is 9.17. The highest BCUT2D eigenvalue weighted by Gasteiger charge is 2.23. The minimum Gasteiger partial charge on any atom is -0.462 e. The normalized spacial score (nSPS) is 10.8. The molecule has 7 heteroatoms. The number of Topliss-reactive ketones (excluding diaryl/α,β-unsaturated/α-hetero) is 1. The number of ether oxygens (including phenoxy) is 1. The summed E-state index contributed by atoms with van der Waals surface area (Å²) in [5.74, 6) is -0.842. The summed E-state index contributed by atoms with van der Waals surface area (Å²) in [6.45, 7) is 7.54. The molecule has 0 radical (unpaired) electrons. The van der Waals surface area contributed by atoms with E-state index in [2.05, 4.69) is 10.3 Å². The minimum absolute atomic E-state index is 0.0460. The zero-order valence-corrected chi connectivity index (χ0v) is 17.0. The third-order valence-electron chi connectivity index (χ3n) is 4.36. The first-order valence-electron chi connectivity index (χ1n) is 9.17. The van der Waals surface area contributed by atoms with Gasteiger partial charge in [-0.1, -0.05) is 17.7 Å². The van der Waals surface area contributed by atoms with E-state index in [0.717, 1.165) is 5.56 Å². The van der Waals surface area contributed by atoms with Crippen LogP contribution >= 0.6 is 0 Å². The van der Waals surface area contributed by atoms with Gasteiger partial charge in [0.05, 0.1) is 31.0 Å². The summed E-state index contributed by atoms with van der Waals surface area (Å²) in [4.78, 5) is 41.5. The van der Waals surface area contributed by atoms with E-state index in [1.165, 1.54) is 0 Å². The third kappa shape index (κ3) is 5.29. The molecule has 7 nitrogen and oxygen atoms in total. The average Bonchev–Trinajstić information content (AvgIpc) is 2.91. The number of aromatic amines is 1. The average molecular weight is 385 g/mol. The van der Waals surface area contributed by atoms with Gasteiger partial charge in [-0.25, -0.2) is 4.79 Å². The molecule has 0 saturated carbocycles. The number of nitrogens with zero attached hydrogens (tertiary/aromatic N) is 1. The number of likely N-dealkylation sites (N-methyl/N-ethyl adjacent to an activating group) is 1. The molecule has 2 N–H and O–H groups in total. The molecule has 0 atom stereocenters. The van der Waals surface area contributed by atoms with E-state index >= 15 is 0 Å². The van der Waals surface area contributed by atoms with Crippen LogP contribution in [0.2, 0.25) is 0 Å². The number of anilines is 1. The second kappa shape index (κ2) is 9.32. The molecule has 0 aliphatic carbocycles. The quantitative estimate of drug-likeness (QED) is 0.539. The predicted molar refractivity (Wildman–Crippen MR) is 108 cm³/mol. The van der Waals surface area contributed by atoms with Crippen molar-refractivity contribution in [3.05, 3.63) is 52.3 Å². The first kappa shape index (κ1) is 21.4. The fourth-order valence-electron chi connectivity index (χ4n) is 3.00. The number of H-pyrrole nitrogens is 1. The lowest BCUT2D eigenvalue weighted by Gasteiger charge is -2.15. The van der Waals surface area contributed by atoms with Crippen LogP contribution in [0.15, 0.2) is 24.3 Å². The van der Waals surface area contributed by atoms with E-state index in [9.17, 15) is 14.4 Å². The molecule has 1 heterocycles. The summed E-state index contributed by atoms with van der Waals surface area (Å²) >= 11 is 0. The van der Waals surface area contributed by atoms with Crippen molar-refractivity contribution in [2.45, 2.75) is 27.7 Å². The van der Waals surface area contributed by atoms with E-state index in [-0.39, 0.29) is 31.4 Å². The zero-order chi connectivity index (χ0) is 20.8. The van der Waals surface area contributed by atoms with E-state index < -0.39 is 5.97 Å². The number of hydrogen-bond donors (Lipinski definition) is 2. The summed E-state index contributed by atoms with van der Waals surface area (Å²) in [7, 11) is 1.70. The Labute approximate surface area is 165 Å². The standard InChI is InChI=1S/C21H27N3O4/c1-6-28-21(27)19-14(3)20(22-15(19)4)17(25)11-24(5)12-18(26)23-16-9-7-13(2)8-10-16/h7-10,22H,6,11-12H2,1-5H3,(H,23,26). The first-order chi connectivity index (χ1) is 13.2. The maximum absolute atomic E-state index is 12.6. The Hall–Kier alpha value is -2.93. The molecule has 28 heavy (non-hydrogen) atoms. The van der Waals surface area contributed by atoms with E-state index in [1.807, 2.05) is 31.2 Å². The number of aryl methyl sites for hydroxylation is 2. The monoisotopic (exact) mass is 385 g/mol. The van der Waals surface area contributed by atoms with Crippen molar-refractivity contribution in [3.8, 4) is 0 Å². The number of rotatable bonds is 8. The molecule has 2 aromatic rings. The highest BCUT2D eigenvalue weighted by Crippen LogP contribution is 2.19. The van der Waals surface area contributed by atoms with Gasteiger partial charge in [0.2, 0.25) is 5.91 Å². The number of esters is 1. The molecule has 150 valence electrons. The lowest BCUT2D eigenvalue weighted by molar-refractivity contribution is -0.116. The van der Waals surface area contributed by atoms with Gasteiger partial charge in [0, 0.05) is 11.4 Å². The van der Waals surface area contributed by atoms with Gasteiger partial charge in [0.15, 0.2) is 5.78 Å². The highest BCUT2D eigenvalue weighted by molar-refractivity contribution is 6.02. The van der Waals surface area contributed by atoms with Gasteiger partial charge in [-0.05, 0) is 52.4 Å². The molecular formula is C21H27N3O4. The van der Waals surface area contributed by atoms with Crippen LogP contribution in [0.25, 0.3) is 0 Å². The lowest BCUT2D eigenvalue weighted by Crippen LogP contribution is -2.34. The van der Waals surface area contributed by atoms with Crippen molar-refractivity contribution >= 4 is 23.3 Å². The number of amides is 1. The molecule has 0 aliphatic rings. The Balaban J connectivity index is 1.98. The largest absolute Gasteiger partial charge is 0.462 e. The van der Waals surface area contributed by atoms with Crippen LogP contribution in [0.1, 0.15) is 44.6 Å². The number of benzene rings is 1. The molecular weight excluding hydrogens is 358 g/mol. The number of carbonyl (C=O) groups excluding carboxylic acids is 3. The van der Waals surface area contributed by atoms with Gasteiger partial charge in [0.25, 0.3) is 0 Å². The van der Waals surface area contributed by atoms with E-state index in [4.69, 9.17) is 4.74 Å². The topological polar surface area (TPSA) is 91.5 Å². The van der Waals surface area contributed by atoms with Gasteiger partial charge in [-0.2, -0.15) is 0 Å². The molecule has 0 aliphatic heterocycles. The van der Waals surface area contributed by atoms with Crippen LogP contribution in [0.3, 0.4) is 0 Å². The lowest BCUT2D eigenvalue weighted by atomic mass is 10.1. The Bertz CT molecular complexity index is 869. The molecule has 0 bridgehead atoms. The molecule has 1 aromatic carbocycles. The smallest absolute Gasteiger partial charge is 0.340 e. The summed E-state index contributed by atoms with van der Waals surface area (Å²) < 4.78 is 5.05. The van der Waals surface area contributed by atoms with Crippen LogP contribution in [-0.4, -0.2) is 54.3 Å². The van der Waals surface area contributed by atoms with Gasteiger partial charge < -0.3 is 15.0 Å². The van der Waals surface area contributed by atoms with Crippen molar-refractivity contribution in [1.82, 2.24) is 9.88 Å². The Morgan fingerprint density at radius 1 is 1.07 bits per heavy atom. The zero-order valence-electron chi connectivity index (χ0n) is 17.0. The molecule has 0 unspecified atom stereocenters. The van der Waals surface area contributed by atoms with Gasteiger partial charge in [0.1, 0.15) is 0 Å². The number of nitrogens with one attached hydrogen (secondary N) is 2. The van der Waals surface area contributed by atoms with Crippen LogP contribution in [0, 0.1) is 20.8 Å². The second-order valence-electron chi connectivity index (χ2n) is 6.86. The van der Waals surface area contributed by atoms with Crippen LogP contribution < -0.4 is 5.32 Å². The second-order valence-corrected chi connectivity index (χ2v) is 6.86. The molecule has 0 saturated heterocycles. The molecule has 1 amide bonds. The Morgan fingerprint density at radius 2 is 1.71 bits per heavy atom. The molecule has 1 aromatic heterocycles. The summed E-state index contributed by atoms with van der Waals surface area (Å²) in [6.07, 6.45) is 0. The Morgan fingerprint density at radius 3 is 2.32 bits per heavy atom. The number of hydrogen-bond acceptors (Lipinski definition) is 5. The minimum atomic E-state index is -0.446. The molecule has 0 fully saturated rings. The maximum atomic E-state index is 12.6. The van der Waals surface area contributed by atoms with Crippen molar-refractivity contribution in [3.63, 3.8) is 0 Å². The Kier molecular flexibility index (Phi) is 7.12. The van der Waals surface area contributed by atoms with Crippen molar-refractivity contribution in [1.29, 1.82) is 0 Å². The summed E-state index contributed by atoms with van der Waals surface area (Å²) in [5, 5.41) is 2.81. The van der Waals surface area contributed by atoms with Crippen LogP contribution in [0.4, 0.5) is 5.69 Å². The highest BCUT2D eigenvalue weighted by atomic mass is 16.5. The van der Waals surface area contributed by atoms with Crippen LogP contribution in [-0.2, 0) is 9.53 Å². The van der Waals surface area contributed by atoms with E-state index in [0.29, 0.717) is 28.2 Å². The van der Waals surface area contributed by atoms with Crippen molar-refractivity contribution in [2.24, 2.45) is 0 Å². The van der Waals surface area contributed by atoms with Crippen LogP contribution in [0.5, 0.6) is 0 Å². The SMILES string of the molecule is CCOC(=O)c1c(C)[nH]c(C(=O)CN(C)CC(=O)Nc2ccc(C)cc2)c1C. The van der Waals surface area contributed by atoms with Gasteiger partial charge in [-0.15, -0.1) is 0 Å². The number of aromatic nitrogens is 1. The third-order valence-corrected chi connectivity index (χ3v) is 4.36. The summed E-state index contributed by atoms with van der Waals surface area (Å²) in [5.41, 5.74) is 3.75. The molecule has 0 spiro atoms. The van der Waals surface area contributed by atoms with Gasteiger partial charge >= 0.3 is 5.97 Å². The summed E-state index contributed by atoms with van der Waals surface area (Å²) in [6, 6.07) is 7.50. The number of carbonyl (C=O) groups is 3. The fourth-order valence-corrected chi connectivity index (χ4v) is 3.00. The van der Waals surface area contributed by atoms with Gasteiger partial charge in [-0.3, -0.25) is 14.5 Å². The van der Waals surface area contributed by atoms with Crippen molar-refractivity contribution in [2.75, 3.05) is 32.1 Å². The number of ketones is 1. The molecule has 2 rings (SSSR count). The predicted octanol–water partition coefficient (Wildman–Crippen LogP) is 2.87. The van der Waals surface area contributed by atoms with Crippen molar-refractivity contribution < 1.29 is 19.1 Å². The fraction of sp³-hybridized carbons (Fsp3) is 0.381. The maximum Gasteiger partial charge on any atom is 0.340 e. The van der Waals surface area contributed by atoms with E-state index in [1.54, 1.807) is 32.7 Å².